The summed E-state index contributed by atoms with van der Waals surface area (Å²) in [6.45, 7) is 1.07. The molecule has 0 spiro atoms. The molecule has 3 aromatic carbocycles. The normalized spacial score (nSPS) is 11.8. The molecule has 0 fully saturated rings. The Kier molecular flexibility index (Phi) is 10.5. The van der Waals surface area contributed by atoms with Crippen LogP contribution >= 0.6 is 0 Å². The second-order valence-electron chi connectivity index (χ2n) is 9.96. The molecular weight excluding hydrogens is 623 g/mol. The number of anilines is 1. The number of nitrogens with zero attached hydrogens (tertiary/aromatic N) is 6. The largest absolute Gasteiger partial charge is 0.497 e. The Bertz CT molecular complexity index is 1900. The molecule has 1 amide bonds. The number of amides is 1. The third-order valence-corrected chi connectivity index (χ3v) is 6.74. The molecule has 3 N–H and O–H groups in total. The summed E-state index contributed by atoms with van der Waals surface area (Å²) in [6.07, 6.45) is 3.06. The molecule has 14 nitrogen and oxygen atoms in total. The van der Waals surface area contributed by atoms with Gasteiger partial charge in [-0.05, 0) is 48.5 Å². The Morgan fingerprint density at radius 2 is 1.69 bits per heavy atom. The highest BCUT2D eigenvalue weighted by Gasteiger charge is 2.28. The van der Waals surface area contributed by atoms with Crippen molar-refractivity contribution in [3.8, 4) is 23.5 Å². The van der Waals surface area contributed by atoms with Crippen LogP contribution in [0.4, 0.5) is 10.1 Å². The highest BCUT2D eigenvalue weighted by atomic mass is 19.1. The van der Waals surface area contributed by atoms with Gasteiger partial charge in [-0.25, -0.2) is 14.4 Å². The van der Waals surface area contributed by atoms with Gasteiger partial charge in [0.15, 0.2) is 17.4 Å². The number of nitrogens with one attached hydrogen (secondary N) is 1. The number of aliphatic imine (C=N–C) groups is 1. The quantitative estimate of drug-likeness (QED) is 0.0811. The predicted molar refractivity (Wildman–Crippen MR) is 172 cm³/mol. The fourth-order valence-electron chi connectivity index (χ4n) is 4.47. The molecule has 0 saturated heterocycles. The summed E-state index contributed by atoms with van der Waals surface area (Å²) in [7, 11) is 2.84. The first-order valence-electron chi connectivity index (χ1n) is 14.5. The topological polar surface area (TPSA) is 178 Å². The molecule has 15 heteroatoms. The summed E-state index contributed by atoms with van der Waals surface area (Å²) in [6, 6.07) is 18.7. The molecule has 1 unspecified atom stereocenters. The van der Waals surface area contributed by atoms with Gasteiger partial charge in [0.1, 0.15) is 30.8 Å². The van der Waals surface area contributed by atoms with E-state index in [9.17, 15) is 9.59 Å². The van der Waals surface area contributed by atoms with Crippen molar-refractivity contribution in [2.75, 3.05) is 32.8 Å². The van der Waals surface area contributed by atoms with Crippen LogP contribution in [0.25, 0.3) is 5.95 Å². The highest BCUT2D eigenvalue weighted by Crippen LogP contribution is 2.36. The smallest absolute Gasteiger partial charge is 0.322 e. The number of carbonyl (C=O) groups is 2. The molecule has 2 heterocycles. The second kappa shape index (κ2) is 15.3. The molecule has 0 aliphatic rings. The summed E-state index contributed by atoms with van der Waals surface area (Å²) < 4.78 is 39.0. The number of nitrogens with two attached hydrogens (primary N) is 1. The molecule has 0 bridgehead atoms. The molecule has 246 valence electrons. The number of halogens is 1. The van der Waals surface area contributed by atoms with Crippen molar-refractivity contribution < 1.29 is 32.9 Å². The first kappa shape index (κ1) is 33.0. The van der Waals surface area contributed by atoms with Crippen molar-refractivity contribution in [1.29, 1.82) is 0 Å². The van der Waals surface area contributed by atoms with Crippen molar-refractivity contribution in [1.82, 2.24) is 24.7 Å². The lowest BCUT2D eigenvalue weighted by atomic mass is 10.0. The summed E-state index contributed by atoms with van der Waals surface area (Å²) in [5, 5.41) is 7.82. The minimum atomic E-state index is -1.05. The number of amidine groups is 1. The number of hydrogen-bond donors (Lipinski definition) is 2. The van der Waals surface area contributed by atoms with Crippen LogP contribution in [0.1, 0.15) is 40.3 Å². The van der Waals surface area contributed by atoms with E-state index in [4.69, 9.17) is 24.7 Å². The number of benzene rings is 3. The van der Waals surface area contributed by atoms with E-state index in [1.807, 2.05) is 0 Å². The molecular formula is C33H31FN8O6. The first-order valence-corrected chi connectivity index (χ1v) is 14.5. The van der Waals surface area contributed by atoms with Gasteiger partial charge in [0, 0.05) is 47.8 Å². The SMILES string of the molecule is COc1cc(OCCOC(C)=O)c(F)c(C(Nc2ccc(C(N)=NC(=O)c3ccccc3)cc2)c2nc(OC)n(-c3ncccn3)n2)c1. The average Bonchev–Trinajstić information content (AvgIpc) is 3.55. The van der Waals surface area contributed by atoms with Gasteiger partial charge in [-0.3, -0.25) is 9.59 Å². The van der Waals surface area contributed by atoms with Crippen LogP contribution < -0.4 is 25.3 Å². The second-order valence-corrected chi connectivity index (χ2v) is 9.96. The lowest BCUT2D eigenvalue weighted by Gasteiger charge is -2.21. The number of ether oxygens (including phenoxy) is 4. The zero-order valence-electron chi connectivity index (χ0n) is 26.2. The van der Waals surface area contributed by atoms with E-state index < -0.39 is 23.7 Å². The van der Waals surface area contributed by atoms with Gasteiger partial charge < -0.3 is 30.0 Å². The van der Waals surface area contributed by atoms with Crippen LogP contribution in [0.5, 0.6) is 17.5 Å². The Labute approximate surface area is 274 Å². The minimum Gasteiger partial charge on any atom is -0.497 e. The Morgan fingerprint density at radius 3 is 2.35 bits per heavy atom. The highest BCUT2D eigenvalue weighted by molar-refractivity contribution is 6.08. The Balaban J connectivity index is 1.52. The predicted octanol–water partition coefficient (Wildman–Crippen LogP) is 3.90. The fraction of sp³-hybridized carbons (Fsp3) is 0.182. The van der Waals surface area contributed by atoms with Gasteiger partial charge in [0.05, 0.1) is 14.2 Å². The number of hydrogen-bond acceptors (Lipinski definition) is 11. The number of carbonyl (C=O) groups excluding carboxylic acids is 2. The van der Waals surface area contributed by atoms with Crippen LogP contribution in [0.3, 0.4) is 0 Å². The van der Waals surface area contributed by atoms with Gasteiger partial charge in [-0.1, -0.05) is 18.2 Å². The number of methoxy groups -OCH3 is 2. The van der Waals surface area contributed by atoms with Crippen LogP contribution in [0.2, 0.25) is 0 Å². The standard InChI is InChI=1S/C33H31FN8O6/c1-20(43)47-16-17-48-26-19-24(45-2)18-25(27(26)34)28(30-40-33(46-3)42(41-30)32-36-14-7-15-37-32)38-23-12-10-21(11-13-23)29(35)39-31(44)22-8-5-4-6-9-22/h4-15,18-19,28,38H,16-17H2,1-3H3,(H2,35,39,44). The maximum absolute atomic E-state index is 16.2. The van der Waals surface area contributed by atoms with Gasteiger partial charge in [0.25, 0.3) is 11.9 Å². The van der Waals surface area contributed by atoms with Crippen LogP contribution in [-0.2, 0) is 9.53 Å². The molecule has 0 saturated carbocycles. The minimum absolute atomic E-state index is 0.0225. The molecule has 1 atom stereocenters. The fourth-order valence-corrected chi connectivity index (χ4v) is 4.47. The third kappa shape index (κ3) is 7.88. The summed E-state index contributed by atoms with van der Waals surface area (Å²) >= 11 is 0. The zero-order valence-corrected chi connectivity index (χ0v) is 26.2. The van der Waals surface area contributed by atoms with E-state index >= 15 is 4.39 Å². The van der Waals surface area contributed by atoms with Crippen molar-refractivity contribution in [2.24, 2.45) is 10.7 Å². The van der Waals surface area contributed by atoms with Crippen LogP contribution in [0.15, 0.2) is 90.2 Å². The van der Waals surface area contributed by atoms with Crippen molar-refractivity contribution >= 4 is 23.4 Å². The number of esters is 1. The summed E-state index contributed by atoms with van der Waals surface area (Å²) in [4.78, 5) is 40.7. The molecule has 0 aliphatic carbocycles. The maximum atomic E-state index is 16.2. The molecule has 5 aromatic rings. The molecule has 0 radical (unpaired) electrons. The van der Waals surface area contributed by atoms with E-state index in [1.165, 1.54) is 50.4 Å². The average molecular weight is 655 g/mol. The maximum Gasteiger partial charge on any atom is 0.322 e. The van der Waals surface area contributed by atoms with E-state index in [0.29, 0.717) is 16.8 Å². The van der Waals surface area contributed by atoms with E-state index in [1.54, 1.807) is 60.7 Å². The summed E-state index contributed by atoms with van der Waals surface area (Å²) in [5.41, 5.74) is 7.61. The van der Waals surface area contributed by atoms with E-state index in [0.717, 1.165) is 0 Å². The Morgan fingerprint density at radius 1 is 0.958 bits per heavy atom. The van der Waals surface area contributed by atoms with Crippen molar-refractivity contribution in [3.63, 3.8) is 0 Å². The van der Waals surface area contributed by atoms with Gasteiger partial charge in [-0.15, -0.1) is 9.78 Å². The summed E-state index contributed by atoms with van der Waals surface area (Å²) in [5.74, 6) is -1.29. The van der Waals surface area contributed by atoms with Crippen LogP contribution in [-0.4, -0.2) is 69.9 Å². The monoisotopic (exact) mass is 654 g/mol. The lowest BCUT2D eigenvalue weighted by molar-refractivity contribution is -0.141. The third-order valence-electron chi connectivity index (χ3n) is 6.74. The molecule has 48 heavy (non-hydrogen) atoms. The molecule has 2 aromatic heterocycles. The Hall–Kier alpha value is -6.38. The van der Waals surface area contributed by atoms with E-state index in [-0.39, 0.29) is 53.9 Å². The zero-order chi connectivity index (χ0) is 34.0. The number of rotatable bonds is 13. The van der Waals surface area contributed by atoms with Gasteiger partial charge in [-0.2, -0.15) is 9.98 Å². The molecule has 5 rings (SSSR count). The van der Waals surface area contributed by atoms with Crippen LogP contribution in [0, 0.1) is 5.82 Å². The van der Waals surface area contributed by atoms with Gasteiger partial charge in [0.2, 0.25) is 0 Å². The van der Waals surface area contributed by atoms with Crippen molar-refractivity contribution in [3.05, 3.63) is 114 Å². The van der Waals surface area contributed by atoms with Crippen molar-refractivity contribution in [2.45, 2.75) is 13.0 Å². The van der Waals surface area contributed by atoms with E-state index in [2.05, 4.69) is 30.4 Å². The number of aromatic nitrogens is 5. The first-order chi connectivity index (χ1) is 23.3. The van der Waals surface area contributed by atoms with Gasteiger partial charge >= 0.3 is 12.0 Å². The lowest BCUT2D eigenvalue weighted by Crippen LogP contribution is -2.18. The molecule has 0 aliphatic heterocycles.